The molecule has 0 atom stereocenters. The van der Waals surface area contributed by atoms with E-state index in [1.165, 1.54) is 23.7 Å². The molecule has 1 N–H and O–H groups in total. The molecule has 0 aliphatic carbocycles. The van der Waals surface area contributed by atoms with Gasteiger partial charge < -0.3 is 5.32 Å². The van der Waals surface area contributed by atoms with Gasteiger partial charge >= 0.3 is 6.18 Å². The molecule has 2 heterocycles. The van der Waals surface area contributed by atoms with Crippen molar-refractivity contribution in [2.45, 2.75) is 12.7 Å². The van der Waals surface area contributed by atoms with E-state index in [0.717, 1.165) is 27.1 Å². The van der Waals surface area contributed by atoms with Gasteiger partial charge in [-0.3, -0.25) is 14.2 Å². The SMILES string of the molecule is O=C(Cn1cnc2cc(-c3ccccc3)sc2c1=O)Nc1c(Cl)cccc1C(F)(F)F. The number of fused-ring (bicyclic) bond motifs is 1. The van der Waals surface area contributed by atoms with Crippen molar-refractivity contribution in [3.05, 3.63) is 81.9 Å². The van der Waals surface area contributed by atoms with Gasteiger partial charge in [0.05, 0.1) is 28.1 Å². The predicted molar refractivity (Wildman–Crippen MR) is 114 cm³/mol. The number of hydrogen-bond acceptors (Lipinski definition) is 4. The summed E-state index contributed by atoms with van der Waals surface area (Å²) in [6.07, 6.45) is -3.50. The summed E-state index contributed by atoms with van der Waals surface area (Å²) in [5.74, 6) is -0.832. The summed E-state index contributed by atoms with van der Waals surface area (Å²) in [4.78, 5) is 30.3. The molecule has 5 nitrogen and oxygen atoms in total. The number of nitrogens with one attached hydrogen (secondary N) is 1. The molecular formula is C21H13ClF3N3O2S. The third-order valence-corrected chi connectivity index (χ3v) is 5.94. The zero-order valence-corrected chi connectivity index (χ0v) is 17.2. The molecule has 158 valence electrons. The Morgan fingerprint density at radius 2 is 1.87 bits per heavy atom. The minimum absolute atomic E-state index is 0.255. The van der Waals surface area contributed by atoms with Crippen LogP contribution in [0.5, 0.6) is 0 Å². The van der Waals surface area contributed by atoms with E-state index in [0.29, 0.717) is 10.2 Å². The largest absolute Gasteiger partial charge is 0.418 e. The number of para-hydroxylation sites is 1. The van der Waals surface area contributed by atoms with Crippen LogP contribution in [0.3, 0.4) is 0 Å². The summed E-state index contributed by atoms with van der Waals surface area (Å²) in [5.41, 5.74) is -0.669. The highest BCUT2D eigenvalue weighted by molar-refractivity contribution is 7.22. The van der Waals surface area contributed by atoms with Crippen LogP contribution in [0, 0.1) is 0 Å². The van der Waals surface area contributed by atoms with Gasteiger partial charge in [0.25, 0.3) is 5.56 Å². The summed E-state index contributed by atoms with van der Waals surface area (Å²) >= 11 is 7.09. The lowest BCUT2D eigenvalue weighted by atomic mass is 10.1. The number of benzene rings is 2. The van der Waals surface area contributed by atoms with E-state index < -0.39 is 35.4 Å². The van der Waals surface area contributed by atoms with Crippen molar-refractivity contribution < 1.29 is 18.0 Å². The fourth-order valence-corrected chi connectivity index (χ4v) is 4.31. The number of alkyl halides is 3. The highest BCUT2D eigenvalue weighted by Crippen LogP contribution is 2.38. The Balaban J connectivity index is 1.62. The van der Waals surface area contributed by atoms with Crippen molar-refractivity contribution in [2.75, 3.05) is 5.32 Å². The molecule has 0 radical (unpaired) electrons. The van der Waals surface area contributed by atoms with Gasteiger partial charge in [0.2, 0.25) is 5.91 Å². The number of rotatable bonds is 4. The molecule has 0 fully saturated rings. The molecule has 0 bridgehead atoms. The molecule has 4 rings (SSSR count). The van der Waals surface area contributed by atoms with Crippen LogP contribution in [-0.2, 0) is 17.5 Å². The first kappa shape index (κ1) is 21.1. The number of thiophene rings is 1. The number of carbonyl (C=O) groups is 1. The summed E-state index contributed by atoms with van der Waals surface area (Å²) in [5, 5.41) is 1.91. The van der Waals surface area contributed by atoms with Crippen molar-refractivity contribution in [3.63, 3.8) is 0 Å². The number of aromatic nitrogens is 2. The van der Waals surface area contributed by atoms with Crippen molar-refractivity contribution >= 4 is 44.7 Å². The predicted octanol–water partition coefficient (Wildman–Crippen LogP) is 5.44. The topological polar surface area (TPSA) is 64.0 Å². The first-order valence-electron chi connectivity index (χ1n) is 8.94. The molecule has 0 aliphatic rings. The van der Waals surface area contributed by atoms with Crippen molar-refractivity contribution in [3.8, 4) is 10.4 Å². The van der Waals surface area contributed by atoms with E-state index in [1.807, 2.05) is 30.3 Å². The maximum atomic E-state index is 13.2. The molecule has 2 aromatic carbocycles. The van der Waals surface area contributed by atoms with Crippen LogP contribution in [0.1, 0.15) is 5.56 Å². The standard InChI is InChI=1S/C21H13ClF3N3O2S/c22-14-8-4-7-13(21(23,24)25)18(14)27-17(29)10-28-11-26-15-9-16(31-19(15)20(28)30)12-5-2-1-3-6-12/h1-9,11H,10H2,(H,27,29). The second kappa shape index (κ2) is 8.16. The molecule has 0 saturated heterocycles. The van der Waals surface area contributed by atoms with Crippen LogP contribution < -0.4 is 10.9 Å². The van der Waals surface area contributed by atoms with E-state index in [9.17, 15) is 22.8 Å². The van der Waals surface area contributed by atoms with Crippen molar-refractivity contribution in [1.29, 1.82) is 0 Å². The minimum atomic E-state index is -4.70. The Labute approximate surface area is 182 Å². The molecule has 0 aliphatic heterocycles. The summed E-state index contributed by atoms with van der Waals surface area (Å²) < 4.78 is 41.0. The molecule has 0 saturated carbocycles. The zero-order valence-electron chi connectivity index (χ0n) is 15.6. The van der Waals surface area contributed by atoms with Crippen LogP contribution in [0.4, 0.5) is 18.9 Å². The minimum Gasteiger partial charge on any atom is -0.323 e. The normalized spacial score (nSPS) is 11.6. The number of nitrogens with zero attached hydrogens (tertiary/aromatic N) is 2. The number of carbonyl (C=O) groups excluding carboxylic acids is 1. The molecule has 0 unspecified atom stereocenters. The van der Waals surface area contributed by atoms with E-state index in [2.05, 4.69) is 10.3 Å². The van der Waals surface area contributed by atoms with Gasteiger partial charge in [0.1, 0.15) is 11.2 Å². The third kappa shape index (κ3) is 4.33. The van der Waals surface area contributed by atoms with Crippen LogP contribution in [0.25, 0.3) is 20.7 Å². The summed E-state index contributed by atoms with van der Waals surface area (Å²) in [6, 6.07) is 14.4. The summed E-state index contributed by atoms with van der Waals surface area (Å²) in [7, 11) is 0. The van der Waals surface area contributed by atoms with Crippen molar-refractivity contribution in [1.82, 2.24) is 9.55 Å². The molecule has 0 spiro atoms. The number of hydrogen-bond donors (Lipinski definition) is 1. The maximum Gasteiger partial charge on any atom is 0.418 e. The van der Waals surface area contributed by atoms with E-state index >= 15 is 0 Å². The van der Waals surface area contributed by atoms with Gasteiger partial charge in [-0.05, 0) is 23.8 Å². The van der Waals surface area contributed by atoms with Gasteiger partial charge in [-0.2, -0.15) is 13.2 Å². The molecule has 31 heavy (non-hydrogen) atoms. The van der Waals surface area contributed by atoms with Gasteiger partial charge in [0.15, 0.2) is 0 Å². The van der Waals surface area contributed by atoms with E-state index in [4.69, 9.17) is 11.6 Å². The van der Waals surface area contributed by atoms with Crippen LogP contribution in [0.2, 0.25) is 5.02 Å². The average Bonchev–Trinajstić information content (AvgIpc) is 3.17. The highest BCUT2D eigenvalue weighted by atomic mass is 35.5. The van der Waals surface area contributed by atoms with Gasteiger partial charge in [-0.1, -0.05) is 48.0 Å². The lowest BCUT2D eigenvalue weighted by molar-refractivity contribution is -0.137. The Morgan fingerprint density at radius 3 is 2.58 bits per heavy atom. The van der Waals surface area contributed by atoms with Gasteiger partial charge in [0, 0.05) is 4.88 Å². The Morgan fingerprint density at radius 1 is 1.13 bits per heavy atom. The fourth-order valence-electron chi connectivity index (χ4n) is 3.02. The Bertz CT molecular complexity index is 1330. The molecule has 10 heteroatoms. The van der Waals surface area contributed by atoms with E-state index in [1.54, 1.807) is 6.07 Å². The molecule has 4 aromatic rings. The molecule has 1 amide bonds. The maximum absolute atomic E-state index is 13.2. The number of anilines is 1. The van der Waals surface area contributed by atoms with Gasteiger partial charge in [-0.25, -0.2) is 4.98 Å². The summed E-state index contributed by atoms with van der Waals surface area (Å²) in [6.45, 7) is -0.511. The molecular weight excluding hydrogens is 451 g/mol. The third-order valence-electron chi connectivity index (χ3n) is 4.46. The first-order valence-corrected chi connectivity index (χ1v) is 10.1. The van der Waals surface area contributed by atoms with Gasteiger partial charge in [-0.15, -0.1) is 11.3 Å². The van der Waals surface area contributed by atoms with Crippen LogP contribution in [0.15, 0.2) is 65.7 Å². The lowest BCUT2D eigenvalue weighted by Crippen LogP contribution is -2.28. The Hall–Kier alpha value is -3.17. The zero-order chi connectivity index (χ0) is 22.2. The van der Waals surface area contributed by atoms with Crippen molar-refractivity contribution in [2.24, 2.45) is 0 Å². The average molecular weight is 464 g/mol. The smallest absolute Gasteiger partial charge is 0.323 e. The monoisotopic (exact) mass is 463 g/mol. The second-order valence-electron chi connectivity index (χ2n) is 6.58. The van der Waals surface area contributed by atoms with Crippen LogP contribution in [-0.4, -0.2) is 15.5 Å². The fraction of sp³-hybridized carbons (Fsp3) is 0.0952. The highest BCUT2D eigenvalue weighted by Gasteiger charge is 2.34. The quantitative estimate of drug-likeness (QED) is 0.438. The second-order valence-corrected chi connectivity index (χ2v) is 8.04. The molecule has 2 aromatic heterocycles. The van der Waals surface area contributed by atoms with E-state index in [-0.39, 0.29) is 5.02 Å². The number of halogens is 4. The number of amides is 1. The lowest BCUT2D eigenvalue weighted by Gasteiger charge is -2.15. The Kier molecular flexibility index (Phi) is 5.55. The van der Waals surface area contributed by atoms with Crippen LogP contribution >= 0.6 is 22.9 Å². The first-order chi connectivity index (χ1) is 14.7.